The topological polar surface area (TPSA) is 119 Å². The number of hydrogen-bond donors (Lipinski definition) is 1. The highest BCUT2D eigenvalue weighted by Crippen LogP contribution is 2.25. The first-order chi connectivity index (χ1) is 12.7. The molecule has 144 valence electrons. The molecule has 0 aliphatic heterocycles. The van der Waals surface area contributed by atoms with Crippen LogP contribution < -0.4 is 4.90 Å². The maximum absolute atomic E-state index is 12.6. The van der Waals surface area contributed by atoms with Crippen molar-refractivity contribution in [3.8, 4) is 0 Å². The van der Waals surface area contributed by atoms with Gasteiger partial charge >= 0.3 is 5.97 Å². The number of carboxylic acids is 1. The number of carbonyl (C=O) groups is 2. The summed E-state index contributed by atoms with van der Waals surface area (Å²) >= 11 is 0. The maximum Gasteiger partial charge on any atom is 0.306 e. The number of anilines is 1. The first kappa shape index (κ1) is 20.1. The van der Waals surface area contributed by atoms with Gasteiger partial charge in [0.15, 0.2) is 0 Å². The van der Waals surface area contributed by atoms with Crippen molar-refractivity contribution >= 4 is 23.3 Å². The van der Waals surface area contributed by atoms with Crippen LogP contribution in [-0.2, 0) is 18.3 Å². The first-order valence-corrected chi connectivity index (χ1v) is 8.51. The highest BCUT2D eigenvalue weighted by Gasteiger charge is 2.22. The van der Waals surface area contributed by atoms with E-state index >= 15 is 0 Å². The Morgan fingerprint density at radius 1 is 1.41 bits per heavy atom. The highest BCUT2D eigenvalue weighted by atomic mass is 16.6. The molecule has 0 radical (unpaired) electrons. The van der Waals surface area contributed by atoms with Crippen LogP contribution in [0.15, 0.2) is 30.6 Å². The second-order valence-corrected chi connectivity index (χ2v) is 6.32. The van der Waals surface area contributed by atoms with Gasteiger partial charge in [-0.15, -0.1) is 0 Å². The molecular weight excluding hydrogens is 352 g/mol. The fourth-order valence-electron chi connectivity index (χ4n) is 2.80. The zero-order chi connectivity index (χ0) is 20.1. The van der Waals surface area contributed by atoms with Crippen molar-refractivity contribution in [1.82, 2.24) is 9.78 Å². The monoisotopic (exact) mass is 374 g/mol. The van der Waals surface area contributed by atoms with Gasteiger partial charge < -0.3 is 10.0 Å². The highest BCUT2D eigenvalue weighted by molar-refractivity contribution is 6.06. The summed E-state index contributed by atoms with van der Waals surface area (Å²) < 4.78 is 1.55. The molecule has 9 nitrogen and oxygen atoms in total. The smallest absolute Gasteiger partial charge is 0.306 e. The Bertz CT molecular complexity index is 861. The van der Waals surface area contributed by atoms with Gasteiger partial charge in [0.1, 0.15) is 0 Å². The van der Waals surface area contributed by atoms with E-state index in [1.54, 1.807) is 31.9 Å². The van der Waals surface area contributed by atoms with Crippen molar-refractivity contribution in [2.24, 2.45) is 13.0 Å². The van der Waals surface area contributed by atoms with E-state index < -0.39 is 22.7 Å². The summed E-state index contributed by atoms with van der Waals surface area (Å²) in [6, 6.07) is 4.29. The lowest BCUT2D eigenvalue weighted by molar-refractivity contribution is -0.385. The van der Waals surface area contributed by atoms with Gasteiger partial charge in [-0.2, -0.15) is 5.10 Å². The number of carbonyl (C=O) groups excluding carboxylic acids is 1. The quantitative estimate of drug-likeness (QED) is 0.560. The van der Waals surface area contributed by atoms with Gasteiger partial charge in [0.05, 0.1) is 22.7 Å². The third-order valence-electron chi connectivity index (χ3n) is 4.52. The molecule has 0 saturated carbocycles. The van der Waals surface area contributed by atoms with Gasteiger partial charge in [-0.1, -0.05) is 13.0 Å². The Morgan fingerprint density at radius 3 is 2.63 bits per heavy atom. The van der Waals surface area contributed by atoms with Gasteiger partial charge in [0.2, 0.25) is 0 Å². The van der Waals surface area contributed by atoms with E-state index in [1.165, 1.54) is 29.3 Å². The second kappa shape index (κ2) is 8.43. The average molecular weight is 374 g/mol. The van der Waals surface area contributed by atoms with Gasteiger partial charge in [0.25, 0.3) is 11.6 Å². The van der Waals surface area contributed by atoms with Gasteiger partial charge in [-0.3, -0.25) is 24.4 Å². The van der Waals surface area contributed by atoms with Crippen molar-refractivity contribution in [2.45, 2.75) is 26.2 Å². The summed E-state index contributed by atoms with van der Waals surface area (Å²) in [6.45, 7) is 1.77. The number of amides is 1. The van der Waals surface area contributed by atoms with E-state index in [2.05, 4.69) is 5.10 Å². The molecule has 27 heavy (non-hydrogen) atoms. The van der Waals surface area contributed by atoms with E-state index in [4.69, 9.17) is 5.11 Å². The molecule has 0 fully saturated rings. The molecule has 0 aliphatic carbocycles. The number of benzene rings is 1. The van der Waals surface area contributed by atoms with E-state index in [9.17, 15) is 19.7 Å². The summed E-state index contributed by atoms with van der Waals surface area (Å²) in [5, 5.41) is 24.6. The van der Waals surface area contributed by atoms with E-state index in [-0.39, 0.29) is 17.7 Å². The molecule has 0 saturated heterocycles. The van der Waals surface area contributed by atoms with Crippen molar-refractivity contribution in [3.05, 3.63) is 51.8 Å². The Labute approximate surface area is 156 Å². The zero-order valence-corrected chi connectivity index (χ0v) is 15.5. The summed E-state index contributed by atoms with van der Waals surface area (Å²) in [5.41, 5.74) is 0.990. The molecule has 2 aromatic rings. The number of aliphatic carboxylic acids is 1. The number of aromatic nitrogens is 2. The predicted molar refractivity (Wildman–Crippen MR) is 98.8 cm³/mol. The number of aryl methyl sites for hydroxylation is 2. The van der Waals surface area contributed by atoms with Gasteiger partial charge in [-0.05, 0) is 25.3 Å². The minimum Gasteiger partial charge on any atom is -0.481 e. The lowest BCUT2D eigenvalue weighted by atomic mass is 9.96. The Kier molecular flexibility index (Phi) is 6.27. The minimum atomic E-state index is -0.912. The molecule has 1 N–H and O–H groups in total. The van der Waals surface area contributed by atoms with Crippen LogP contribution in [0, 0.1) is 16.0 Å². The Balaban J connectivity index is 2.25. The van der Waals surface area contributed by atoms with Crippen LogP contribution >= 0.6 is 0 Å². The molecule has 0 spiro atoms. The third-order valence-corrected chi connectivity index (χ3v) is 4.52. The van der Waals surface area contributed by atoms with Crippen LogP contribution in [0.2, 0.25) is 0 Å². The third kappa shape index (κ3) is 4.69. The molecule has 1 atom stereocenters. The number of nitro groups is 1. The summed E-state index contributed by atoms with van der Waals surface area (Å²) in [5.74, 6) is -1.86. The molecule has 1 amide bonds. The van der Waals surface area contributed by atoms with Crippen LogP contribution in [0.25, 0.3) is 0 Å². The maximum atomic E-state index is 12.6. The molecule has 2 rings (SSSR count). The summed E-state index contributed by atoms with van der Waals surface area (Å²) in [7, 11) is 3.29. The lowest BCUT2D eigenvalue weighted by Gasteiger charge is -2.15. The van der Waals surface area contributed by atoms with Gasteiger partial charge in [-0.25, -0.2) is 0 Å². The standard InChI is InChI=1S/C18H22N4O5/c1-4-12(18(24)25)5-6-13-7-8-14(9-16(13)22(26)27)17(23)21(3)15-10-19-20(2)11-15/h7-12H,4-6H2,1-3H3,(H,24,25). The van der Waals surface area contributed by atoms with Crippen molar-refractivity contribution in [3.63, 3.8) is 0 Å². The molecule has 1 aromatic carbocycles. The fraction of sp³-hybridized carbons (Fsp3) is 0.389. The molecule has 0 aliphatic rings. The van der Waals surface area contributed by atoms with Crippen LogP contribution in [0.3, 0.4) is 0 Å². The van der Waals surface area contributed by atoms with Gasteiger partial charge in [0, 0.05) is 37.5 Å². The van der Waals surface area contributed by atoms with Crippen molar-refractivity contribution in [2.75, 3.05) is 11.9 Å². The van der Waals surface area contributed by atoms with E-state index in [0.717, 1.165) is 0 Å². The van der Waals surface area contributed by atoms with Crippen molar-refractivity contribution in [1.29, 1.82) is 0 Å². The van der Waals surface area contributed by atoms with E-state index in [0.29, 0.717) is 24.1 Å². The molecule has 1 unspecified atom stereocenters. The van der Waals surface area contributed by atoms with Crippen LogP contribution in [-0.4, -0.2) is 38.7 Å². The minimum absolute atomic E-state index is 0.180. The molecule has 1 heterocycles. The average Bonchev–Trinajstić information content (AvgIpc) is 3.07. The summed E-state index contributed by atoms with van der Waals surface area (Å²) in [4.78, 5) is 36.0. The van der Waals surface area contributed by atoms with Crippen LogP contribution in [0.5, 0.6) is 0 Å². The van der Waals surface area contributed by atoms with E-state index in [1.807, 2.05) is 0 Å². The Hall–Kier alpha value is -3.23. The molecular formula is C18H22N4O5. The lowest BCUT2D eigenvalue weighted by Crippen LogP contribution is -2.26. The first-order valence-electron chi connectivity index (χ1n) is 8.51. The van der Waals surface area contributed by atoms with Crippen molar-refractivity contribution < 1.29 is 19.6 Å². The number of rotatable bonds is 8. The Morgan fingerprint density at radius 2 is 2.11 bits per heavy atom. The molecule has 0 bridgehead atoms. The van der Waals surface area contributed by atoms with Crippen LogP contribution in [0.1, 0.15) is 35.7 Å². The number of nitrogens with zero attached hydrogens (tertiary/aromatic N) is 4. The number of carboxylic acid groups (broad SMARTS) is 1. The van der Waals surface area contributed by atoms with Crippen LogP contribution in [0.4, 0.5) is 11.4 Å². The fourth-order valence-corrected chi connectivity index (χ4v) is 2.80. The zero-order valence-electron chi connectivity index (χ0n) is 15.5. The SMILES string of the molecule is CCC(CCc1ccc(C(=O)N(C)c2cnn(C)c2)cc1[N+](=O)[O-])C(=O)O. The molecule has 9 heteroatoms. The normalized spacial score (nSPS) is 11.8. The number of nitro benzene ring substituents is 1. The largest absolute Gasteiger partial charge is 0.481 e. The number of hydrogen-bond acceptors (Lipinski definition) is 5. The predicted octanol–water partition coefficient (Wildman–Crippen LogP) is 2.65. The second-order valence-electron chi connectivity index (χ2n) is 6.32. The molecule has 1 aromatic heterocycles. The summed E-state index contributed by atoms with van der Waals surface area (Å²) in [6.07, 6.45) is 4.20.